The van der Waals surface area contributed by atoms with Gasteiger partial charge in [-0.2, -0.15) is 0 Å². The van der Waals surface area contributed by atoms with E-state index in [-0.39, 0.29) is 12.8 Å². The Hall–Kier alpha value is -1.14. The first-order chi connectivity index (χ1) is 9.47. The molecule has 0 spiro atoms. The van der Waals surface area contributed by atoms with Crippen LogP contribution >= 0.6 is 0 Å². The van der Waals surface area contributed by atoms with Crippen molar-refractivity contribution in [2.45, 2.75) is 57.7 Å². The van der Waals surface area contributed by atoms with Crippen LogP contribution in [0.15, 0.2) is 0 Å². The Morgan fingerprint density at radius 3 is 2.20 bits per heavy atom. The first kappa shape index (κ1) is 16.9. The molecular weight excluding hydrogens is 264 g/mol. The van der Waals surface area contributed by atoms with Crippen LogP contribution in [0.1, 0.15) is 45.4 Å². The lowest BCUT2D eigenvalue weighted by atomic mass is 9.76. The molecule has 0 bridgehead atoms. The van der Waals surface area contributed by atoms with Crippen LogP contribution < -0.4 is 0 Å². The second kappa shape index (κ2) is 8.21. The van der Waals surface area contributed by atoms with Gasteiger partial charge >= 0.3 is 11.9 Å². The van der Waals surface area contributed by atoms with Gasteiger partial charge in [-0.05, 0) is 19.3 Å². The fraction of sp³-hybridized carbons (Fsp3) is 0.857. The van der Waals surface area contributed by atoms with Crippen LogP contribution in [0.25, 0.3) is 0 Å². The third kappa shape index (κ3) is 4.76. The number of ether oxygens (including phenoxy) is 1. The molecule has 0 aliphatic heterocycles. The third-order valence-corrected chi connectivity index (χ3v) is 3.86. The normalized spacial score (nSPS) is 30.1. The Labute approximate surface area is 118 Å². The van der Waals surface area contributed by atoms with Gasteiger partial charge in [-0.25, -0.2) is 0 Å². The molecule has 4 atom stereocenters. The number of hydrogen-bond donors (Lipinski definition) is 3. The molecule has 20 heavy (non-hydrogen) atoms. The summed E-state index contributed by atoms with van der Waals surface area (Å²) in [5.74, 6) is -4.33. The summed E-state index contributed by atoms with van der Waals surface area (Å²) in [5.41, 5.74) is 0. The molecule has 0 unspecified atom stereocenters. The van der Waals surface area contributed by atoms with Crippen molar-refractivity contribution in [2.75, 3.05) is 6.61 Å². The first-order valence-corrected chi connectivity index (χ1v) is 7.22. The van der Waals surface area contributed by atoms with Crippen LogP contribution in [0.3, 0.4) is 0 Å². The number of carboxylic acids is 2. The SMILES string of the molecule is CCCCCCO[C@@H]1C[C@H](C(=O)O)[C@H](C(=O)O)C[C@H]1O. The van der Waals surface area contributed by atoms with Crippen LogP contribution in [0.2, 0.25) is 0 Å². The zero-order chi connectivity index (χ0) is 15.1. The molecule has 1 aliphatic carbocycles. The Morgan fingerprint density at radius 2 is 1.65 bits per heavy atom. The quantitative estimate of drug-likeness (QED) is 0.585. The number of aliphatic carboxylic acids is 2. The number of carbonyl (C=O) groups is 2. The van der Waals surface area contributed by atoms with Gasteiger partial charge < -0.3 is 20.1 Å². The lowest BCUT2D eigenvalue weighted by Gasteiger charge is -2.35. The second-order valence-electron chi connectivity index (χ2n) is 5.40. The lowest BCUT2D eigenvalue weighted by Crippen LogP contribution is -2.46. The van der Waals surface area contributed by atoms with E-state index in [9.17, 15) is 14.7 Å². The van der Waals surface area contributed by atoms with Crippen molar-refractivity contribution >= 4 is 11.9 Å². The summed E-state index contributed by atoms with van der Waals surface area (Å²) in [5, 5.41) is 28.0. The average molecular weight is 288 g/mol. The van der Waals surface area contributed by atoms with E-state index in [0.29, 0.717) is 6.61 Å². The Balaban J connectivity index is 2.49. The fourth-order valence-corrected chi connectivity index (χ4v) is 2.64. The molecule has 0 aromatic rings. The van der Waals surface area contributed by atoms with Gasteiger partial charge in [0.25, 0.3) is 0 Å². The van der Waals surface area contributed by atoms with Crippen molar-refractivity contribution in [2.24, 2.45) is 11.8 Å². The van der Waals surface area contributed by atoms with Gasteiger partial charge in [0, 0.05) is 6.61 Å². The van der Waals surface area contributed by atoms with E-state index in [1.54, 1.807) is 0 Å². The summed E-state index contributed by atoms with van der Waals surface area (Å²) >= 11 is 0. The Morgan fingerprint density at radius 1 is 1.05 bits per heavy atom. The molecule has 1 rings (SSSR count). The molecule has 1 saturated carbocycles. The summed E-state index contributed by atoms with van der Waals surface area (Å²) in [6, 6.07) is 0. The van der Waals surface area contributed by atoms with Crippen molar-refractivity contribution in [3.05, 3.63) is 0 Å². The van der Waals surface area contributed by atoms with E-state index in [2.05, 4.69) is 6.92 Å². The van der Waals surface area contributed by atoms with Gasteiger partial charge in [-0.15, -0.1) is 0 Å². The zero-order valence-corrected chi connectivity index (χ0v) is 11.8. The van der Waals surface area contributed by atoms with E-state index < -0.39 is 36.0 Å². The van der Waals surface area contributed by atoms with E-state index in [1.807, 2.05) is 0 Å². The van der Waals surface area contributed by atoms with E-state index >= 15 is 0 Å². The summed E-state index contributed by atoms with van der Waals surface area (Å²) in [4.78, 5) is 22.2. The molecule has 6 nitrogen and oxygen atoms in total. The topological polar surface area (TPSA) is 104 Å². The molecule has 0 radical (unpaired) electrons. The van der Waals surface area contributed by atoms with E-state index in [1.165, 1.54) is 0 Å². The average Bonchev–Trinajstić information content (AvgIpc) is 2.39. The Kier molecular flexibility index (Phi) is 6.95. The van der Waals surface area contributed by atoms with Crippen LogP contribution in [-0.2, 0) is 14.3 Å². The molecular formula is C14H24O6. The van der Waals surface area contributed by atoms with Gasteiger partial charge in [-0.3, -0.25) is 9.59 Å². The molecule has 1 fully saturated rings. The first-order valence-electron chi connectivity index (χ1n) is 7.22. The van der Waals surface area contributed by atoms with Crippen molar-refractivity contribution < 1.29 is 29.6 Å². The highest BCUT2D eigenvalue weighted by Gasteiger charge is 2.44. The smallest absolute Gasteiger partial charge is 0.307 e. The standard InChI is InChI=1S/C14H24O6/c1-2-3-4-5-6-20-12-8-10(14(18)19)9(13(16)17)7-11(12)15/h9-12,15H,2-8H2,1H3,(H,16,17)(H,18,19)/t9-,10+,11-,12-/m1/s1. The van der Waals surface area contributed by atoms with E-state index in [4.69, 9.17) is 14.9 Å². The molecule has 3 N–H and O–H groups in total. The van der Waals surface area contributed by atoms with Gasteiger partial charge in [0.05, 0.1) is 24.0 Å². The monoisotopic (exact) mass is 288 g/mol. The zero-order valence-electron chi connectivity index (χ0n) is 11.8. The Bertz CT molecular complexity index is 330. The highest BCUT2D eigenvalue weighted by atomic mass is 16.5. The van der Waals surface area contributed by atoms with Crippen molar-refractivity contribution in [3.8, 4) is 0 Å². The number of aliphatic hydroxyl groups excluding tert-OH is 1. The van der Waals surface area contributed by atoms with E-state index in [0.717, 1.165) is 25.7 Å². The number of carboxylic acid groups (broad SMARTS) is 2. The summed E-state index contributed by atoms with van der Waals surface area (Å²) in [7, 11) is 0. The highest BCUT2D eigenvalue weighted by Crippen LogP contribution is 2.32. The summed E-state index contributed by atoms with van der Waals surface area (Å²) in [6.45, 7) is 2.58. The number of rotatable bonds is 8. The summed E-state index contributed by atoms with van der Waals surface area (Å²) < 4.78 is 5.54. The maximum absolute atomic E-state index is 11.1. The third-order valence-electron chi connectivity index (χ3n) is 3.86. The molecule has 6 heteroatoms. The number of hydrogen-bond acceptors (Lipinski definition) is 4. The van der Waals surface area contributed by atoms with Crippen LogP contribution in [0.4, 0.5) is 0 Å². The lowest BCUT2D eigenvalue weighted by molar-refractivity contribution is -0.165. The van der Waals surface area contributed by atoms with Crippen molar-refractivity contribution in [3.63, 3.8) is 0 Å². The van der Waals surface area contributed by atoms with Gasteiger partial charge in [0.15, 0.2) is 0 Å². The predicted octanol–water partition coefficient (Wildman–Crippen LogP) is 1.51. The van der Waals surface area contributed by atoms with Gasteiger partial charge in [-0.1, -0.05) is 26.2 Å². The van der Waals surface area contributed by atoms with Gasteiger partial charge in [0.2, 0.25) is 0 Å². The maximum atomic E-state index is 11.1. The molecule has 116 valence electrons. The summed E-state index contributed by atoms with van der Waals surface area (Å²) in [6.07, 6.45) is 2.67. The minimum Gasteiger partial charge on any atom is -0.481 e. The minimum absolute atomic E-state index is 0.0568. The van der Waals surface area contributed by atoms with Crippen LogP contribution in [0.5, 0.6) is 0 Å². The maximum Gasteiger partial charge on any atom is 0.307 e. The fourth-order valence-electron chi connectivity index (χ4n) is 2.64. The molecule has 0 aromatic carbocycles. The minimum atomic E-state index is -1.17. The van der Waals surface area contributed by atoms with Crippen LogP contribution in [0, 0.1) is 11.8 Å². The van der Waals surface area contributed by atoms with Gasteiger partial charge in [0.1, 0.15) is 0 Å². The molecule has 0 heterocycles. The largest absolute Gasteiger partial charge is 0.481 e. The number of unbranched alkanes of at least 4 members (excludes halogenated alkanes) is 3. The van der Waals surface area contributed by atoms with Crippen molar-refractivity contribution in [1.29, 1.82) is 0 Å². The molecule has 0 amide bonds. The highest BCUT2D eigenvalue weighted by molar-refractivity contribution is 5.80. The molecule has 1 aliphatic rings. The predicted molar refractivity (Wildman–Crippen MR) is 71.4 cm³/mol. The van der Waals surface area contributed by atoms with Crippen LogP contribution in [-0.4, -0.2) is 46.1 Å². The van der Waals surface area contributed by atoms with Crippen molar-refractivity contribution in [1.82, 2.24) is 0 Å². The second-order valence-corrected chi connectivity index (χ2v) is 5.40. The molecule has 0 saturated heterocycles. The molecule has 0 aromatic heterocycles. The number of aliphatic hydroxyl groups is 1.